The molecule has 1 amide bonds. The summed E-state index contributed by atoms with van der Waals surface area (Å²) < 4.78 is 6.56. The number of hydrogen-bond donors (Lipinski definition) is 1. The second-order valence-electron chi connectivity index (χ2n) is 12.2. The molecule has 2 saturated carbocycles. The molecule has 0 aliphatic heterocycles. The number of hydrogen-bond acceptors (Lipinski definition) is 4. The van der Waals surface area contributed by atoms with Gasteiger partial charge in [0.1, 0.15) is 6.61 Å². The van der Waals surface area contributed by atoms with E-state index in [2.05, 4.69) is 29.8 Å². The van der Waals surface area contributed by atoms with Crippen LogP contribution in [0.4, 0.5) is 5.69 Å². The van der Waals surface area contributed by atoms with Crippen LogP contribution >= 0.6 is 15.9 Å². The molecule has 2 aromatic rings. The number of allylic oxidation sites excluding steroid dienone is 1. The van der Waals surface area contributed by atoms with Gasteiger partial charge in [-0.15, -0.1) is 0 Å². The van der Waals surface area contributed by atoms with Gasteiger partial charge in [-0.2, -0.15) is 0 Å². The number of fused-ring (bicyclic) bond motifs is 1. The summed E-state index contributed by atoms with van der Waals surface area (Å²) >= 11 is 3.55. The number of benzene rings is 2. The summed E-state index contributed by atoms with van der Waals surface area (Å²) in [6, 6.07) is 19.8. The number of aliphatic hydroxyl groups is 1. The van der Waals surface area contributed by atoms with Gasteiger partial charge in [-0.05, 0) is 83.0 Å². The zero-order valence-corrected chi connectivity index (χ0v) is 26.2. The predicted molar refractivity (Wildman–Crippen MR) is 169 cm³/mol. The minimum Gasteiger partial charge on any atom is -0.392 e. The predicted octanol–water partition coefficient (Wildman–Crippen LogP) is 7.71. The number of rotatable bonds is 15. The summed E-state index contributed by atoms with van der Waals surface area (Å²) in [5.74, 6) is 1.90. The molecule has 2 unspecified atom stereocenters. The fourth-order valence-corrected chi connectivity index (χ4v) is 7.22. The molecule has 0 radical (unpaired) electrons. The average Bonchev–Trinajstić information content (AvgIpc) is 3.50. The van der Waals surface area contributed by atoms with Crippen LogP contribution in [-0.2, 0) is 20.9 Å². The van der Waals surface area contributed by atoms with E-state index in [9.17, 15) is 14.7 Å². The first-order valence-electron chi connectivity index (χ1n) is 15.4. The third kappa shape index (κ3) is 9.10. The summed E-state index contributed by atoms with van der Waals surface area (Å²) in [4.78, 5) is 27.8. The first-order chi connectivity index (χ1) is 19.9. The Bertz CT molecular complexity index is 1140. The van der Waals surface area contributed by atoms with Crippen LogP contribution in [0.2, 0.25) is 0 Å². The highest BCUT2D eigenvalue weighted by Crippen LogP contribution is 2.51. The van der Waals surface area contributed by atoms with Gasteiger partial charge < -0.3 is 14.7 Å². The second-order valence-corrected chi connectivity index (χ2v) is 13.0. The van der Waals surface area contributed by atoms with E-state index in [1.165, 1.54) is 0 Å². The normalized spacial score (nSPS) is 24.7. The molecule has 5 nitrogen and oxygen atoms in total. The zero-order valence-electron chi connectivity index (χ0n) is 24.6. The van der Waals surface area contributed by atoms with E-state index in [0.717, 1.165) is 56.2 Å². The van der Waals surface area contributed by atoms with Gasteiger partial charge in [0.05, 0.1) is 17.1 Å². The highest BCUT2D eigenvalue weighted by Gasteiger charge is 2.47. The Morgan fingerprint density at radius 2 is 1.78 bits per heavy atom. The third-order valence-electron chi connectivity index (χ3n) is 8.97. The summed E-state index contributed by atoms with van der Waals surface area (Å²) in [7, 11) is 0. The standard InChI is InChI=1S/C35H46BrNO4/c1-3-4-11-25(2)18-34(39)32(36)22-31-30-20-27(19-28(30)21-33(31)38)16-17-41-24-35(40)37(29-14-9-6-10-15-29)23-26-12-7-5-8-13-26/h5-10,12-15,22,25,27-28,30-31,33,38H,3-4,11,16-21,23-24H2,1-2H3/t25?,27?,28-,30+,31-,33-/m0/s1. The Labute approximate surface area is 254 Å². The van der Waals surface area contributed by atoms with Crippen molar-refractivity contribution in [3.05, 3.63) is 76.8 Å². The number of ether oxygens (including phenoxy) is 1. The molecule has 0 saturated heterocycles. The minimum absolute atomic E-state index is 0.0224. The Hall–Kier alpha value is -2.28. The van der Waals surface area contributed by atoms with Gasteiger partial charge >= 0.3 is 0 Å². The van der Waals surface area contributed by atoms with E-state index in [-0.39, 0.29) is 30.3 Å². The molecule has 6 heteroatoms. The van der Waals surface area contributed by atoms with Crippen molar-refractivity contribution in [1.82, 2.24) is 0 Å². The van der Waals surface area contributed by atoms with E-state index in [1.54, 1.807) is 4.90 Å². The number of halogens is 1. The van der Waals surface area contributed by atoms with Crippen molar-refractivity contribution < 1.29 is 19.4 Å². The summed E-state index contributed by atoms with van der Waals surface area (Å²) in [6.07, 6.45) is 9.37. The quantitative estimate of drug-likeness (QED) is 0.163. The lowest BCUT2D eigenvalue weighted by atomic mass is 9.89. The van der Waals surface area contributed by atoms with Gasteiger partial charge in [0.25, 0.3) is 5.91 Å². The number of nitrogens with zero attached hydrogens (tertiary/aromatic N) is 1. The van der Waals surface area contributed by atoms with Crippen LogP contribution < -0.4 is 4.90 Å². The number of amides is 1. The molecule has 41 heavy (non-hydrogen) atoms. The second kappa shape index (κ2) is 15.8. The Morgan fingerprint density at radius 1 is 1.07 bits per heavy atom. The third-order valence-corrected chi connectivity index (χ3v) is 9.67. The average molecular weight is 625 g/mol. The topological polar surface area (TPSA) is 66.8 Å². The van der Waals surface area contributed by atoms with Gasteiger partial charge in [0.15, 0.2) is 5.78 Å². The van der Waals surface area contributed by atoms with Crippen molar-refractivity contribution in [2.75, 3.05) is 18.1 Å². The van der Waals surface area contributed by atoms with Crippen LogP contribution in [0.25, 0.3) is 0 Å². The molecule has 6 atom stereocenters. The molecule has 2 aliphatic carbocycles. The maximum atomic E-state index is 13.2. The van der Waals surface area contributed by atoms with Crippen LogP contribution in [-0.4, -0.2) is 36.1 Å². The molecular formula is C35H46BrNO4. The number of para-hydroxylation sites is 1. The molecular weight excluding hydrogens is 578 g/mol. The molecule has 2 aromatic carbocycles. The Morgan fingerprint density at radius 3 is 2.49 bits per heavy atom. The molecule has 4 rings (SSSR count). The van der Waals surface area contributed by atoms with Gasteiger partial charge in [0.2, 0.25) is 0 Å². The molecule has 1 N–H and O–H groups in total. The lowest BCUT2D eigenvalue weighted by molar-refractivity contribution is -0.123. The van der Waals surface area contributed by atoms with Crippen LogP contribution in [0, 0.1) is 29.6 Å². The van der Waals surface area contributed by atoms with Crippen molar-refractivity contribution in [3.63, 3.8) is 0 Å². The number of aliphatic hydroxyl groups excluding tert-OH is 1. The van der Waals surface area contributed by atoms with Crippen molar-refractivity contribution in [2.45, 2.75) is 77.9 Å². The molecule has 2 aliphatic rings. The van der Waals surface area contributed by atoms with Gasteiger partial charge in [-0.1, -0.05) is 87.7 Å². The summed E-state index contributed by atoms with van der Waals surface area (Å²) in [5.41, 5.74) is 1.94. The maximum absolute atomic E-state index is 13.2. The van der Waals surface area contributed by atoms with Crippen molar-refractivity contribution >= 4 is 33.3 Å². The van der Waals surface area contributed by atoms with Gasteiger partial charge in [-0.3, -0.25) is 9.59 Å². The smallest absolute Gasteiger partial charge is 0.253 e. The number of carbonyl (C=O) groups excluding carboxylic acids is 2. The van der Waals surface area contributed by atoms with E-state index >= 15 is 0 Å². The number of anilines is 1. The number of unbranched alkanes of at least 4 members (excludes halogenated alkanes) is 1. The highest BCUT2D eigenvalue weighted by atomic mass is 79.9. The first kappa shape index (κ1) is 31.7. The Balaban J connectivity index is 1.25. The SMILES string of the molecule is CCCCC(C)CC(=O)C(Br)=C[C@H]1[C@@H]2CC(CCOCC(=O)N(Cc3ccccc3)c3ccccc3)C[C@H]2C[C@@H]1O. The number of carbonyl (C=O) groups is 2. The van der Waals surface area contributed by atoms with Crippen LogP contribution in [0.15, 0.2) is 71.2 Å². The van der Waals surface area contributed by atoms with Crippen LogP contribution in [0.3, 0.4) is 0 Å². The van der Waals surface area contributed by atoms with E-state index in [1.807, 2.05) is 66.7 Å². The molecule has 2 fully saturated rings. The van der Waals surface area contributed by atoms with Crippen LogP contribution in [0.5, 0.6) is 0 Å². The fourth-order valence-electron chi connectivity index (χ4n) is 6.76. The summed E-state index contributed by atoms with van der Waals surface area (Å²) in [6.45, 7) is 5.43. The Kier molecular flexibility index (Phi) is 12.2. The first-order valence-corrected chi connectivity index (χ1v) is 16.2. The van der Waals surface area contributed by atoms with Crippen LogP contribution in [0.1, 0.15) is 70.8 Å². The van der Waals surface area contributed by atoms with E-state index in [4.69, 9.17) is 4.74 Å². The number of ketones is 1. The van der Waals surface area contributed by atoms with Gasteiger partial charge in [0, 0.05) is 24.6 Å². The highest BCUT2D eigenvalue weighted by molar-refractivity contribution is 9.12. The monoisotopic (exact) mass is 623 g/mol. The lowest BCUT2D eigenvalue weighted by Crippen LogP contribution is -2.33. The molecule has 0 spiro atoms. The zero-order chi connectivity index (χ0) is 29.2. The molecule has 0 bridgehead atoms. The van der Waals surface area contributed by atoms with E-state index in [0.29, 0.717) is 47.7 Å². The summed E-state index contributed by atoms with van der Waals surface area (Å²) in [5, 5.41) is 10.8. The minimum atomic E-state index is -0.383. The molecule has 0 aromatic heterocycles. The van der Waals surface area contributed by atoms with Crippen molar-refractivity contribution in [3.8, 4) is 0 Å². The maximum Gasteiger partial charge on any atom is 0.253 e. The van der Waals surface area contributed by atoms with Crippen molar-refractivity contribution in [1.29, 1.82) is 0 Å². The number of Topliss-reactive ketones (excluding diaryl/α,β-unsaturated/α-hetero) is 1. The molecule has 0 heterocycles. The van der Waals surface area contributed by atoms with Gasteiger partial charge in [-0.25, -0.2) is 0 Å². The largest absolute Gasteiger partial charge is 0.392 e. The van der Waals surface area contributed by atoms with Crippen molar-refractivity contribution in [2.24, 2.45) is 29.6 Å². The molecule has 222 valence electrons. The van der Waals surface area contributed by atoms with E-state index < -0.39 is 0 Å². The lowest BCUT2D eigenvalue weighted by Gasteiger charge is -2.23. The fraction of sp³-hybridized carbons (Fsp3) is 0.543.